The zero-order valence-corrected chi connectivity index (χ0v) is 50.5. The van der Waals surface area contributed by atoms with Gasteiger partial charge in [0.15, 0.2) is 11.2 Å². The Bertz CT molecular complexity index is 4500. The molecule has 2 aromatic heterocycles. The molecule has 4 heteroatoms. The van der Waals surface area contributed by atoms with Crippen LogP contribution in [0.25, 0.3) is 133 Å². The molecule has 4 nitrogen and oxygen atoms in total. The Morgan fingerprint density at radius 1 is 0.337 bits per heavy atom. The number of aryl methyl sites for hydroxylation is 2. The number of rotatable bonds is 16. The molecule has 2 atom stereocenters. The zero-order chi connectivity index (χ0) is 58.7. The molecule has 0 aliphatic carbocycles. The first-order chi connectivity index (χ1) is 42.3. The number of fused-ring (bicyclic) bond motifs is 6. The van der Waals surface area contributed by atoms with Crippen molar-refractivity contribution < 1.29 is 8.83 Å². The maximum atomic E-state index is 6.58. The highest BCUT2D eigenvalue weighted by Gasteiger charge is 2.23. The number of aromatic nitrogens is 2. The third-order valence-corrected chi connectivity index (χ3v) is 18.0. The summed E-state index contributed by atoms with van der Waals surface area (Å²) in [5.74, 6) is 2.21. The van der Waals surface area contributed by atoms with E-state index in [0.717, 1.165) is 59.0 Å². The van der Waals surface area contributed by atoms with Gasteiger partial charge < -0.3 is 8.83 Å². The normalized spacial score (nSPS) is 12.3. The predicted octanol–water partition coefficient (Wildman–Crippen LogP) is 24.0. The summed E-state index contributed by atoms with van der Waals surface area (Å²) in [6, 6.07) is 83.3. The number of nitrogens with zero attached hydrogens (tertiary/aromatic N) is 2. The van der Waals surface area contributed by atoms with Crippen molar-refractivity contribution in [2.24, 2.45) is 0 Å². The predicted molar refractivity (Wildman–Crippen MR) is 365 cm³/mol. The van der Waals surface area contributed by atoms with Gasteiger partial charge in [0.1, 0.15) is 11.0 Å². The second-order valence-electron chi connectivity index (χ2n) is 23.4. The average molecular weight is 1120 g/mol. The highest BCUT2D eigenvalue weighted by Crippen LogP contribution is 2.46. The molecule has 0 radical (unpaired) electrons. The van der Waals surface area contributed by atoms with E-state index in [1.807, 2.05) is 0 Å². The minimum atomic E-state index is 0.414. The van der Waals surface area contributed by atoms with Gasteiger partial charge in [-0.3, -0.25) is 0 Å². The Labute approximate surface area is 506 Å². The SMILES string of the molecule is CCC(C)c1ccc(C(C)CC)c2oc(-c3ccc(-c4c5ccccc5c(-c5ccccc5)c5ccccc45)cc3)nc12.CCCCc1cc2nc(-c3ccc(-c4c5ccccc5c(-c5ccccc5)c5ccccc45)cc3)oc2cc1CCCC. The zero-order valence-electron chi connectivity index (χ0n) is 50.5. The second kappa shape index (κ2) is 24.7. The Morgan fingerprint density at radius 2 is 0.674 bits per heavy atom. The van der Waals surface area contributed by atoms with Crippen molar-refractivity contribution in [3.8, 4) is 67.4 Å². The van der Waals surface area contributed by atoms with Gasteiger partial charge in [0, 0.05) is 11.1 Å². The number of oxazole rings is 2. The van der Waals surface area contributed by atoms with Gasteiger partial charge in [-0.25, -0.2) is 9.97 Å². The molecular formula is C82H74N2O2. The molecule has 0 N–H and O–H groups in total. The molecule has 0 aliphatic rings. The van der Waals surface area contributed by atoms with Crippen molar-refractivity contribution in [3.63, 3.8) is 0 Å². The Morgan fingerprint density at radius 3 is 1.07 bits per heavy atom. The third-order valence-electron chi connectivity index (χ3n) is 18.0. The van der Waals surface area contributed by atoms with E-state index in [1.165, 1.54) is 136 Å². The average Bonchev–Trinajstić information content (AvgIpc) is 1.15. The van der Waals surface area contributed by atoms with Crippen molar-refractivity contribution in [2.75, 3.05) is 0 Å². The van der Waals surface area contributed by atoms with Gasteiger partial charge in [0.25, 0.3) is 0 Å². The van der Waals surface area contributed by atoms with Crippen molar-refractivity contribution in [1.82, 2.24) is 9.97 Å². The molecule has 2 unspecified atom stereocenters. The van der Waals surface area contributed by atoms with E-state index in [0.29, 0.717) is 23.6 Å². The minimum Gasteiger partial charge on any atom is -0.436 e. The van der Waals surface area contributed by atoms with Gasteiger partial charge in [-0.2, -0.15) is 0 Å². The molecule has 86 heavy (non-hydrogen) atoms. The van der Waals surface area contributed by atoms with Crippen LogP contribution in [-0.4, -0.2) is 9.97 Å². The first-order valence-corrected chi connectivity index (χ1v) is 31.4. The summed E-state index contributed by atoms with van der Waals surface area (Å²) < 4.78 is 13.0. The Balaban J connectivity index is 0.000000160. The van der Waals surface area contributed by atoms with E-state index < -0.39 is 0 Å². The topological polar surface area (TPSA) is 52.1 Å². The maximum absolute atomic E-state index is 6.58. The van der Waals surface area contributed by atoms with Crippen LogP contribution in [0.3, 0.4) is 0 Å². The van der Waals surface area contributed by atoms with E-state index in [-0.39, 0.29) is 0 Å². The molecule has 424 valence electrons. The first kappa shape index (κ1) is 55.8. The molecular weight excluding hydrogens is 1040 g/mol. The smallest absolute Gasteiger partial charge is 0.227 e. The number of unbranched alkanes of at least 4 members (excludes halogenated alkanes) is 2. The summed E-state index contributed by atoms with van der Waals surface area (Å²) in [6.45, 7) is 13.5. The highest BCUT2D eigenvalue weighted by atomic mass is 16.4. The van der Waals surface area contributed by atoms with Crippen LogP contribution >= 0.6 is 0 Å². The number of benzene rings is 12. The summed E-state index contributed by atoms with van der Waals surface area (Å²) >= 11 is 0. The van der Waals surface area contributed by atoms with Gasteiger partial charge in [0.05, 0.1) is 0 Å². The maximum Gasteiger partial charge on any atom is 0.227 e. The van der Waals surface area contributed by atoms with Crippen LogP contribution in [0.2, 0.25) is 0 Å². The Hall–Kier alpha value is -9.38. The second-order valence-corrected chi connectivity index (χ2v) is 23.4. The quantitative estimate of drug-likeness (QED) is 0.0905. The van der Waals surface area contributed by atoms with Crippen LogP contribution in [0.4, 0.5) is 0 Å². The fourth-order valence-electron chi connectivity index (χ4n) is 13.0. The van der Waals surface area contributed by atoms with E-state index >= 15 is 0 Å². The Kier molecular flexibility index (Phi) is 16.0. The van der Waals surface area contributed by atoms with E-state index in [1.54, 1.807) is 0 Å². The van der Waals surface area contributed by atoms with Crippen LogP contribution in [0.5, 0.6) is 0 Å². The molecule has 0 saturated carbocycles. The van der Waals surface area contributed by atoms with Crippen molar-refractivity contribution in [1.29, 1.82) is 0 Å². The summed E-state index contributed by atoms with van der Waals surface area (Å²) in [6.07, 6.45) is 9.12. The van der Waals surface area contributed by atoms with Crippen LogP contribution in [-0.2, 0) is 12.8 Å². The van der Waals surface area contributed by atoms with Gasteiger partial charge in [-0.15, -0.1) is 0 Å². The molecule has 0 aliphatic heterocycles. The summed E-state index contributed by atoms with van der Waals surface area (Å²) in [5.41, 5.74) is 21.1. The van der Waals surface area contributed by atoms with E-state index in [9.17, 15) is 0 Å². The molecule has 0 bridgehead atoms. The van der Waals surface area contributed by atoms with Crippen molar-refractivity contribution in [2.45, 2.75) is 105 Å². The molecule has 0 fully saturated rings. The fourth-order valence-corrected chi connectivity index (χ4v) is 13.0. The van der Waals surface area contributed by atoms with Crippen molar-refractivity contribution in [3.05, 3.63) is 253 Å². The van der Waals surface area contributed by atoms with Crippen LogP contribution in [0.1, 0.15) is 114 Å². The monoisotopic (exact) mass is 1120 g/mol. The lowest BCUT2D eigenvalue weighted by Gasteiger charge is -2.17. The molecule has 0 amide bonds. The first-order valence-electron chi connectivity index (χ1n) is 31.4. The number of hydrogen-bond donors (Lipinski definition) is 0. The fraction of sp³-hybridized carbons (Fsp3) is 0.195. The van der Waals surface area contributed by atoms with Crippen molar-refractivity contribution >= 4 is 65.3 Å². The lowest BCUT2D eigenvalue weighted by molar-refractivity contribution is 0.605. The molecule has 2 heterocycles. The highest BCUT2D eigenvalue weighted by molar-refractivity contribution is 6.22. The molecule has 0 spiro atoms. The van der Waals surface area contributed by atoms with Gasteiger partial charge >= 0.3 is 0 Å². The summed E-state index contributed by atoms with van der Waals surface area (Å²) in [5, 5.41) is 10.1. The van der Waals surface area contributed by atoms with E-state index in [4.69, 9.17) is 18.8 Å². The summed E-state index contributed by atoms with van der Waals surface area (Å²) in [4.78, 5) is 10.1. The van der Waals surface area contributed by atoms with Crippen LogP contribution in [0.15, 0.2) is 239 Å². The minimum absolute atomic E-state index is 0.414. The lowest BCUT2D eigenvalue weighted by atomic mass is 9.86. The molecule has 14 aromatic rings. The van der Waals surface area contributed by atoms with Gasteiger partial charge in [-0.1, -0.05) is 249 Å². The largest absolute Gasteiger partial charge is 0.436 e. The number of hydrogen-bond acceptors (Lipinski definition) is 4. The standard InChI is InChI=1S/2C41H37NO/c1-5-26(3)31-24-25-32(27(4)6-2)40-39(31)42-41(43-40)30-22-20-29(21-23-30)38-35-18-12-10-16-33(35)37(28-14-8-7-9-15-28)34-17-11-13-19-36(34)38;1-3-5-14-31-26-37-38(27-32(31)15-6-4-2)43-41(42-37)30-24-22-29(23-25-30)40-35-20-12-10-18-33(35)39(28-16-8-7-9-17-28)34-19-11-13-21-36(34)40/h7-27H,5-6H2,1-4H3;7-13,16-27H,3-6,14-15H2,1-2H3. The van der Waals surface area contributed by atoms with Crippen LogP contribution in [0, 0.1) is 0 Å². The van der Waals surface area contributed by atoms with Gasteiger partial charge in [-0.05, 0) is 197 Å². The third kappa shape index (κ3) is 10.6. The molecule has 0 saturated heterocycles. The van der Waals surface area contributed by atoms with Crippen LogP contribution < -0.4 is 0 Å². The van der Waals surface area contributed by atoms with E-state index in [2.05, 4.69) is 272 Å². The molecule has 12 aromatic carbocycles. The lowest BCUT2D eigenvalue weighted by Crippen LogP contribution is -1.97. The van der Waals surface area contributed by atoms with Gasteiger partial charge in [0.2, 0.25) is 11.8 Å². The summed E-state index contributed by atoms with van der Waals surface area (Å²) in [7, 11) is 0. The molecule has 14 rings (SSSR count).